The van der Waals surface area contributed by atoms with Crippen molar-refractivity contribution in [2.24, 2.45) is 5.73 Å². The lowest BCUT2D eigenvalue weighted by Crippen LogP contribution is -2.43. The van der Waals surface area contributed by atoms with Crippen LogP contribution in [0.5, 0.6) is 0 Å². The second-order valence-corrected chi connectivity index (χ2v) is 8.86. The molecule has 1 aromatic rings. The van der Waals surface area contributed by atoms with E-state index in [0.29, 0.717) is 13.1 Å². The third-order valence-corrected chi connectivity index (χ3v) is 6.95. The number of rotatable bonds is 6. The second-order valence-electron chi connectivity index (χ2n) is 6.70. The Labute approximate surface area is 149 Å². The molecule has 4 N–H and O–H groups in total. The van der Waals surface area contributed by atoms with Gasteiger partial charge in [-0.2, -0.15) is 5.10 Å². The Kier molecular flexibility index (Phi) is 5.19. The minimum atomic E-state index is -4.25. The molecule has 13 heteroatoms. The molecule has 0 spiro atoms. The molecule has 2 aliphatic rings. The van der Waals surface area contributed by atoms with Gasteiger partial charge in [0.15, 0.2) is 6.23 Å². The molecule has 1 aromatic heterocycles. The number of primary amides is 1. The van der Waals surface area contributed by atoms with Crippen molar-refractivity contribution in [1.82, 2.24) is 14.8 Å². The van der Waals surface area contributed by atoms with Gasteiger partial charge in [-0.05, 0) is 0 Å². The number of quaternary nitrogens is 1. The highest BCUT2D eigenvalue weighted by atomic mass is 31.2. The van der Waals surface area contributed by atoms with Gasteiger partial charge >= 0.3 is 7.75 Å². The van der Waals surface area contributed by atoms with Crippen molar-refractivity contribution in [3.8, 4) is 0 Å². The number of aromatic nitrogens is 3. The molecule has 2 saturated heterocycles. The Bertz CT molecular complexity index is 721. The highest BCUT2D eigenvalue weighted by Gasteiger charge is 2.47. The number of hydrogen-bond donors (Lipinski definition) is 3. The summed E-state index contributed by atoms with van der Waals surface area (Å²) < 4.78 is 23.8. The normalized spacial score (nSPS) is 33.2. The SMILES string of the molecule is C[N+]1(P(=O)([O-])OC[C@H]2O[C@@H](n3ncnc3C(N)=O)[C@H](O)[C@@H]2O)CCCC1. The number of ether oxygens (including phenoxy) is 1. The number of aliphatic hydroxyl groups excluding tert-OH is 2. The Morgan fingerprint density at radius 3 is 2.77 bits per heavy atom. The van der Waals surface area contributed by atoms with E-state index >= 15 is 0 Å². The van der Waals surface area contributed by atoms with Crippen LogP contribution in [0.1, 0.15) is 29.7 Å². The Balaban J connectivity index is 1.69. The van der Waals surface area contributed by atoms with Crippen LogP contribution in [0.3, 0.4) is 0 Å². The predicted molar refractivity (Wildman–Crippen MR) is 83.2 cm³/mol. The number of nitrogens with zero attached hydrogens (tertiary/aromatic N) is 4. The van der Waals surface area contributed by atoms with Crippen molar-refractivity contribution in [3.63, 3.8) is 0 Å². The molecule has 2 aliphatic heterocycles. The predicted octanol–water partition coefficient (Wildman–Crippen LogP) is -2.28. The van der Waals surface area contributed by atoms with Crippen molar-refractivity contribution in [3.05, 3.63) is 12.2 Å². The molecule has 0 aliphatic carbocycles. The first kappa shape index (κ1) is 19.4. The van der Waals surface area contributed by atoms with Gasteiger partial charge in [-0.3, -0.25) is 13.6 Å². The van der Waals surface area contributed by atoms with E-state index in [0.717, 1.165) is 23.9 Å². The van der Waals surface area contributed by atoms with E-state index in [4.69, 9.17) is 15.0 Å². The van der Waals surface area contributed by atoms with Crippen LogP contribution < -0.4 is 10.6 Å². The molecule has 12 nitrogen and oxygen atoms in total. The standard InChI is InChI=1S/C13H22N5O7P/c1-18(4-2-3-5-18)26(22,23)24-6-8-9(19)10(20)13(25-8)17-12(11(14)21)15-7-16-17/h7-10,13,19-20H,2-6H2,1H3,(H2-,14,21,22,23)/t8-,9-,10-,13-/m1/s1. The van der Waals surface area contributed by atoms with Crippen LogP contribution in [0.4, 0.5) is 0 Å². The number of hydrogen-bond acceptors (Lipinski definition) is 9. The summed E-state index contributed by atoms with van der Waals surface area (Å²) in [6.45, 7) is 0.450. The van der Waals surface area contributed by atoms with E-state index in [-0.39, 0.29) is 10.1 Å². The summed E-state index contributed by atoms with van der Waals surface area (Å²) in [5.41, 5.74) is 5.17. The molecule has 0 radical (unpaired) electrons. The van der Waals surface area contributed by atoms with E-state index in [2.05, 4.69) is 10.1 Å². The van der Waals surface area contributed by atoms with Gasteiger partial charge in [0.05, 0.1) is 26.7 Å². The van der Waals surface area contributed by atoms with Crippen LogP contribution in [-0.4, -0.2) is 80.2 Å². The summed E-state index contributed by atoms with van der Waals surface area (Å²) in [5, 5.41) is 24.1. The maximum Gasteiger partial charge on any atom is 0.328 e. The number of carbonyl (C=O) groups is 1. The van der Waals surface area contributed by atoms with Crippen LogP contribution in [0.2, 0.25) is 0 Å². The number of amides is 1. The molecule has 3 rings (SSSR count). The fourth-order valence-corrected chi connectivity index (χ4v) is 4.64. The zero-order valence-corrected chi connectivity index (χ0v) is 15.1. The quantitative estimate of drug-likeness (QED) is 0.452. The zero-order valence-electron chi connectivity index (χ0n) is 14.2. The number of nitrogens with two attached hydrogens (primary N) is 1. The van der Waals surface area contributed by atoms with Crippen molar-refractivity contribution in [2.45, 2.75) is 37.4 Å². The zero-order chi connectivity index (χ0) is 19.1. The van der Waals surface area contributed by atoms with Crippen molar-refractivity contribution >= 4 is 13.7 Å². The summed E-state index contributed by atoms with van der Waals surface area (Å²) in [6, 6.07) is 0. The molecule has 3 heterocycles. The molecule has 1 unspecified atom stereocenters. The Hall–Kier alpha value is -1.40. The number of carbonyl (C=O) groups excluding carboxylic acids is 1. The van der Waals surface area contributed by atoms with Crippen molar-refractivity contribution in [1.29, 1.82) is 0 Å². The fourth-order valence-electron chi connectivity index (χ4n) is 3.25. The minimum Gasteiger partial charge on any atom is -0.730 e. The summed E-state index contributed by atoms with van der Waals surface area (Å²) in [7, 11) is -2.67. The number of aliphatic hydroxyl groups is 2. The van der Waals surface area contributed by atoms with E-state index in [9.17, 15) is 24.5 Å². The largest absolute Gasteiger partial charge is 0.730 e. The smallest absolute Gasteiger partial charge is 0.328 e. The van der Waals surface area contributed by atoms with Gasteiger partial charge in [-0.25, -0.2) is 14.2 Å². The molecule has 146 valence electrons. The van der Waals surface area contributed by atoms with Gasteiger partial charge in [-0.1, -0.05) is 0 Å². The molecular formula is C13H22N5O7P. The van der Waals surface area contributed by atoms with Crippen LogP contribution in [0, 0.1) is 0 Å². The van der Waals surface area contributed by atoms with Crippen LogP contribution in [0.15, 0.2) is 6.33 Å². The summed E-state index contributed by atoms with van der Waals surface area (Å²) in [4.78, 5) is 27.5. The first-order valence-electron chi connectivity index (χ1n) is 8.18. The highest BCUT2D eigenvalue weighted by molar-refractivity contribution is 7.45. The van der Waals surface area contributed by atoms with Gasteiger partial charge in [-0.15, -0.1) is 0 Å². The van der Waals surface area contributed by atoms with Crippen LogP contribution in [0.25, 0.3) is 0 Å². The Morgan fingerprint density at radius 2 is 2.15 bits per heavy atom. The average molecular weight is 391 g/mol. The monoisotopic (exact) mass is 391 g/mol. The first-order valence-corrected chi connectivity index (χ1v) is 9.67. The van der Waals surface area contributed by atoms with E-state index in [1.165, 1.54) is 0 Å². The van der Waals surface area contributed by atoms with Crippen molar-refractivity contribution in [2.75, 3.05) is 26.7 Å². The summed E-state index contributed by atoms with van der Waals surface area (Å²) in [6.07, 6.45) is -2.64. The second kappa shape index (κ2) is 6.97. The molecule has 26 heavy (non-hydrogen) atoms. The topological polar surface area (TPSA) is 173 Å². The average Bonchev–Trinajstić information content (AvgIpc) is 3.28. The third-order valence-electron chi connectivity index (χ3n) is 4.89. The molecule has 1 amide bonds. The molecule has 0 bridgehead atoms. The van der Waals surface area contributed by atoms with Gasteiger partial charge in [0.25, 0.3) is 5.91 Å². The lowest BCUT2D eigenvalue weighted by molar-refractivity contribution is -0.803. The molecule has 5 atom stereocenters. The van der Waals surface area contributed by atoms with E-state index in [1.807, 2.05) is 0 Å². The van der Waals surface area contributed by atoms with Crippen LogP contribution >= 0.6 is 7.75 Å². The Morgan fingerprint density at radius 1 is 1.50 bits per heavy atom. The summed E-state index contributed by atoms with van der Waals surface area (Å²) in [5.74, 6) is -1.14. The lowest BCUT2D eigenvalue weighted by Gasteiger charge is -2.40. The highest BCUT2D eigenvalue weighted by Crippen LogP contribution is 2.51. The minimum absolute atomic E-state index is 0.212. The maximum absolute atomic E-state index is 12.4. The van der Waals surface area contributed by atoms with Gasteiger partial charge in [0.2, 0.25) is 5.82 Å². The van der Waals surface area contributed by atoms with Crippen LogP contribution in [-0.2, 0) is 13.8 Å². The fraction of sp³-hybridized carbons (Fsp3) is 0.769. The third kappa shape index (κ3) is 3.29. The molecule has 0 saturated carbocycles. The molecular weight excluding hydrogens is 369 g/mol. The first-order chi connectivity index (χ1) is 12.2. The van der Waals surface area contributed by atoms with Gasteiger partial charge in [0, 0.05) is 12.8 Å². The lowest BCUT2D eigenvalue weighted by atomic mass is 10.1. The van der Waals surface area contributed by atoms with E-state index in [1.54, 1.807) is 7.05 Å². The number of likely N-dealkylation sites (tertiary alicyclic amines) is 1. The maximum atomic E-state index is 12.4. The molecule has 2 fully saturated rings. The summed E-state index contributed by atoms with van der Waals surface area (Å²) >= 11 is 0. The van der Waals surface area contributed by atoms with E-state index < -0.39 is 44.8 Å². The van der Waals surface area contributed by atoms with Gasteiger partial charge < -0.3 is 25.6 Å². The molecule has 0 aromatic carbocycles. The van der Waals surface area contributed by atoms with Gasteiger partial charge in [0.1, 0.15) is 24.6 Å². The van der Waals surface area contributed by atoms with Crippen molar-refractivity contribution < 1.29 is 38.0 Å².